The number of amidine groups is 1. The summed E-state index contributed by atoms with van der Waals surface area (Å²) >= 11 is 6.40. The molecule has 0 radical (unpaired) electrons. The van der Waals surface area contributed by atoms with Crippen molar-refractivity contribution in [3.63, 3.8) is 0 Å². The highest BCUT2D eigenvalue weighted by Gasteiger charge is 2.26. The minimum Gasteiger partial charge on any atom is -0.382 e. The van der Waals surface area contributed by atoms with Crippen LogP contribution in [0.1, 0.15) is 39.2 Å². The largest absolute Gasteiger partial charge is 0.382 e. The molecule has 0 aliphatic carbocycles. The van der Waals surface area contributed by atoms with Crippen LogP contribution in [0.3, 0.4) is 0 Å². The van der Waals surface area contributed by atoms with Crippen molar-refractivity contribution >= 4 is 45.8 Å². The van der Waals surface area contributed by atoms with Gasteiger partial charge in [0.05, 0.1) is 16.2 Å². The van der Waals surface area contributed by atoms with Gasteiger partial charge in [0.2, 0.25) is 0 Å². The maximum absolute atomic E-state index is 10.2. The van der Waals surface area contributed by atoms with Crippen LogP contribution in [0.5, 0.6) is 0 Å². The Morgan fingerprint density at radius 2 is 2.19 bits per heavy atom. The smallest absolute Gasteiger partial charge is 0.152 e. The fraction of sp³-hybridized carbons (Fsp3) is 0.350. The SMILES string of the molecule is CCC(C)Nc1c(Cl)cnc2ccc(C3=CCC(C)(O)C(=N)N=C3)cc12. The number of rotatable bonds is 4. The van der Waals surface area contributed by atoms with Gasteiger partial charge in [-0.3, -0.25) is 10.4 Å². The highest BCUT2D eigenvalue weighted by atomic mass is 35.5. The van der Waals surface area contributed by atoms with Crippen molar-refractivity contribution in [1.82, 2.24) is 4.98 Å². The summed E-state index contributed by atoms with van der Waals surface area (Å²) < 4.78 is 0. The van der Waals surface area contributed by atoms with Crippen molar-refractivity contribution < 1.29 is 5.11 Å². The molecule has 26 heavy (non-hydrogen) atoms. The number of aliphatic imine (C=N–C) groups is 1. The highest BCUT2D eigenvalue weighted by molar-refractivity contribution is 6.34. The number of hydrogen-bond acceptors (Lipinski definition) is 4. The number of hydrogen-bond donors (Lipinski definition) is 3. The minimum atomic E-state index is -1.25. The lowest BCUT2D eigenvalue weighted by molar-refractivity contribution is 0.134. The molecule has 1 aliphatic heterocycles. The van der Waals surface area contributed by atoms with Crippen molar-refractivity contribution in [2.45, 2.75) is 45.3 Å². The fourth-order valence-electron chi connectivity index (χ4n) is 2.77. The maximum Gasteiger partial charge on any atom is 0.152 e. The molecule has 0 saturated heterocycles. The van der Waals surface area contributed by atoms with Crippen molar-refractivity contribution in [1.29, 1.82) is 5.41 Å². The average Bonchev–Trinajstić information content (AvgIpc) is 2.76. The Kier molecular flexibility index (Phi) is 5.12. The number of aromatic nitrogens is 1. The number of nitrogens with one attached hydrogen (secondary N) is 2. The zero-order chi connectivity index (χ0) is 18.9. The first kappa shape index (κ1) is 18.5. The Morgan fingerprint density at radius 3 is 2.92 bits per heavy atom. The third-order valence-electron chi connectivity index (χ3n) is 4.72. The first-order chi connectivity index (χ1) is 12.3. The van der Waals surface area contributed by atoms with Crippen LogP contribution < -0.4 is 5.32 Å². The molecule has 3 N–H and O–H groups in total. The molecule has 3 rings (SSSR count). The van der Waals surface area contributed by atoms with Gasteiger partial charge in [0.15, 0.2) is 5.84 Å². The van der Waals surface area contributed by atoms with Crippen LogP contribution >= 0.6 is 11.6 Å². The van der Waals surface area contributed by atoms with Crippen LogP contribution in [-0.4, -0.2) is 33.8 Å². The Balaban J connectivity index is 2.09. The summed E-state index contributed by atoms with van der Waals surface area (Å²) in [5.74, 6) is -0.0339. The summed E-state index contributed by atoms with van der Waals surface area (Å²) in [4.78, 5) is 8.51. The van der Waals surface area contributed by atoms with Gasteiger partial charge in [0.25, 0.3) is 0 Å². The molecule has 2 aromatic rings. The van der Waals surface area contributed by atoms with Crippen LogP contribution in [0.2, 0.25) is 5.02 Å². The summed E-state index contributed by atoms with van der Waals surface area (Å²) in [6.45, 7) is 5.83. The maximum atomic E-state index is 10.2. The van der Waals surface area contributed by atoms with Crippen molar-refractivity contribution in [2.75, 3.05) is 5.32 Å². The van der Waals surface area contributed by atoms with E-state index >= 15 is 0 Å². The van der Waals surface area contributed by atoms with Crippen LogP contribution in [0, 0.1) is 5.41 Å². The van der Waals surface area contributed by atoms with Gasteiger partial charge >= 0.3 is 0 Å². The van der Waals surface area contributed by atoms with E-state index in [1.54, 1.807) is 19.3 Å². The lowest BCUT2D eigenvalue weighted by Crippen LogP contribution is -2.31. The Labute approximate surface area is 158 Å². The standard InChI is InChI=1S/C20H23ClN4O/c1-4-12(2)25-18-15-9-13(5-6-17(15)23-11-16(18)21)14-7-8-20(3,26)19(22)24-10-14/h5-7,9-12,22,26H,4,8H2,1-3H3,(H,23,25). The van der Waals surface area contributed by atoms with E-state index in [9.17, 15) is 5.11 Å². The third-order valence-corrected chi connectivity index (χ3v) is 5.01. The number of benzene rings is 1. The molecule has 136 valence electrons. The number of pyridine rings is 1. The van der Waals surface area contributed by atoms with E-state index in [2.05, 4.69) is 29.1 Å². The zero-order valence-corrected chi connectivity index (χ0v) is 15.9. The van der Waals surface area contributed by atoms with E-state index in [-0.39, 0.29) is 11.9 Å². The van der Waals surface area contributed by atoms with Gasteiger partial charge in [0, 0.05) is 30.3 Å². The molecule has 2 atom stereocenters. The molecule has 6 heteroatoms. The monoisotopic (exact) mass is 370 g/mol. The lowest BCUT2D eigenvalue weighted by Gasteiger charge is -2.18. The summed E-state index contributed by atoms with van der Waals surface area (Å²) in [5.41, 5.74) is 2.30. The highest BCUT2D eigenvalue weighted by Crippen LogP contribution is 2.33. The molecule has 1 aromatic carbocycles. The number of anilines is 1. The van der Waals surface area contributed by atoms with E-state index in [4.69, 9.17) is 17.0 Å². The fourth-order valence-corrected chi connectivity index (χ4v) is 2.97. The zero-order valence-electron chi connectivity index (χ0n) is 15.2. The molecule has 1 aliphatic rings. The molecule has 0 bridgehead atoms. The quantitative estimate of drug-likeness (QED) is 0.730. The van der Waals surface area contributed by atoms with E-state index in [1.807, 2.05) is 24.3 Å². The van der Waals surface area contributed by atoms with Gasteiger partial charge in [-0.15, -0.1) is 0 Å². The topological polar surface area (TPSA) is 81.4 Å². The number of halogens is 1. The van der Waals surface area contributed by atoms with Crippen molar-refractivity contribution in [2.24, 2.45) is 4.99 Å². The van der Waals surface area contributed by atoms with Crippen molar-refractivity contribution in [3.8, 4) is 0 Å². The molecule has 5 nitrogen and oxygen atoms in total. The average molecular weight is 371 g/mol. The predicted octanol–water partition coefficient (Wildman–Crippen LogP) is 4.68. The third kappa shape index (κ3) is 3.64. The van der Waals surface area contributed by atoms with Gasteiger partial charge in [0.1, 0.15) is 5.60 Å². The molecule has 0 saturated carbocycles. The lowest BCUT2D eigenvalue weighted by atomic mass is 9.98. The first-order valence-corrected chi connectivity index (χ1v) is 9.10. The van der Waals surface area contributed by atoms with Crippen LogP contribution in [0.25, 0.3) is 16.5 Å². The number of allylic oxidation sites excluding steroid dienone is 1. The number of aliphatic hydroxyl groups is 1. The molecule has 0 amide bonds. The minimum absolute atomic E-state index is 0.0339. The Morgan fingerprint density at radius 1 is 1.42 bits per heavy atom. The van der Waals surface area contributed by atoms with Gasteiger partial charge in [-0.05, 0) is 43.5 Å². The molecule has 0 spiro atoms. The number of nitrogens with zero attached hydrogens (tertiary/aromatic N) is 2. The van der Waals surface area contributed by atoms with Crippen molar-refractivity contribution in [3.05, 3.63) is 41.1 Å². The molecular weight excluding hydrogens is 348 g/mol. The second-order valence-electron chi connectivity index (χ2n) is 6.91. The first-order valence-electron chi connectivity index (χ1n) is 8.72. The van der Waals surface area contributed by atoms with Gasteiger partial charge in [-0.1, -0.05) is 30.7 Å². The second-order valence-corrected chi connectivity index (χ2v) is 7.32. The Bertz CT molecular complexity index is 917. The van der Waals surface area contributed by atoms with Gasteiger partial charge < -0.3 is 10.4 Å². The van der Waals surface area contributed by atoms with E-state index in [1.165, 1.54) is 0 Å². The second kappa shape index (κ2) is 7.17. The van der Waals surface area contributed by atoms with Gasteiger partial charge in [-0.25, -0.2) is 4.99 Å². The van der Waals surface area contributed by atoms with E-state index < -0.39 is 5.60 Å². The number of fused-ring (bicyclic) bond motifs is 1. The summed E-state index contributed by atoms with van der Waals surface area (Å²) in [6.07, 6.45) is 6.52. The van der Waals surface area contributed by atoms with Crippen LogP contribution in [-0.2, 0) is 0 Å². The van der Waals surface area contributed by atoms with E-state index in [0.717, 1.165) is 34.1 Å². The molecule has 2 heterocycles. The van der Waals surface area contributed by atoms with Crippen LogP contribution in [0.4, 0.5) is 5.69 Å². The summed E-state index contributed by atoms with van der Waals surface area (Å²) in [5, 5.41) is 23.1. The van der Waals surface area contributed by atoms with Gasteiger partial charge in [-0.2, -0.15) is 0 Å². The molecular formula is C20H23ClN4O. The summed E-state index contributed by atoms with van der Waals surface area (Å²) in [6, 6.07) is 6.24. The molecule has 0 fully saturated rings. The van der Waals surface area contributed by atoms with E-state index in [0.29, 0.717) is 11.4 Å². The normalized spacial score (nSPS) is 21.4. The summed E-state index contributed by atoms with van der Waals surface area (Å²) in [7, 11) is 0. The van der Waals surface area contributed by atoms with Crippen LogP contribution in [0.15, 0.2) is 35.5 Å². The predicted molar refractivity (Wildman–Crippen MR) is 110 cm³/mol. The molecule has 1 aromatic heterocycles. The molecule has 2 unspecified atom stereocenters. The Hall–Kier alpha value is -2.24.